The summed E-state index contributed by atoms with van der Waals surface area (Å²) in [5, 5.41) is 4.32. The number of amides is 1. The van der Waals surface area contributed by atoms with E-state index in [0.717, 1.165) is 36.5 Å². The molecule has 5 heteroatoms. The number of hydrogen-bond donors (Lipinski definition) is 1. The van der Waals surface area contributed by atoms with Crippen molar-refractivity contribution in [2.45, 2.75) is 26.3 Å². The van der Waals surface area contributed by atoms with Crippen LogP contribution in [0.4, 0.5) is 0 Å². The van der Waals surface area contributed by atoms with Crippen molar-refractivity contribution >= 4 is 27.5 Å². The summed E-state index contributed by atoms with van der Waals surface area (Å²) in [6, 6.07) is 8.11. The zero-order chi connectivity index (χ0) is 14.9. The number of fused-ring (bicyclic) bond motifs is 1. The first-order valence-corrected chi connectivity index (χ1v) is 8.21. The van der Waals surface area contributed by atoms with Crippen molar-refractivity contribution < 1.29 is 4.79 Å². The zero-order valence-corrected chi connectivity index (χ0v) is 13.4. The summed E-state index contributed by atoms with van der Waals surface area (Å²) >= 11 is 1.67. The van der Waals surface area contributed by atoms with E-state index in [-0.39, 0.29) is 11.3 Å². The van der Waals surface area contributed by atoms with E-state index in [1.54, 1.807) is 11.3 Å². The van der Waals surface area contributed by atoms with E-state index in [9.17, 15) is 4.79 Å². The molecular formula is C16H21N3OS. The second-order valence-corrected chi connectivity index (χ2v) is 7.16. The van der Waals surface area contributed by atoms with Crippen LogP contribution in [0.5, 0.6) is 0 Å². The maximum atomic E-state index is 12.7. The molecule has 1 N–H and O–H groups in total. The average molecular weight is 303 g/mol. The lowest BCUT2D eigenvalue weighted by molar-refractivity contribution is -0.141. The van der Waals surface area contributed by atoms with E-state index in [1.807, 2.05) is 30.1 Å². The first-order chi connectivity index (χ1) is 10.1. The van der Waals surface area contributed by atoms with Gasteiger partial charge in [-0.2, -0.15) is 0 Å². The number of aromatic nitrogens is 1. The highest BCUT2D eigenvalue weighted by Crippen LogP contribution is 2.31. The molecule has 1 fully saturated rings. The molecule has 0 aliphatic carbocycles. The molecule has 0 radical (unpaired) electrons. The maximum absolute atomic E-state index is 12.7. The van der Waals surface area contributed by atoms with Crippen molar-refractivity contribution in [3.63, 3.8) is 0 Å². The Morgan fingerprint density at radius 1 is 1.38 bits per heavy atom. The van der Waals surface area contributed by atoms with Crippen molar-refractivity contribution in [3.05, 3.63) is 29.3 Å². The molecular weight excluding hydrogens is 282 g/mol. The van der Waals surface area contributed by atoms with Crippen molar-refractivity contribution in [2.24, 2.45) is 5.41 Å². The van der Waals surface area contributed by atoms with Crippen LogP contribution in [0, 0.1) is 5.41 Å². The fourth-order valence-corrected chi connectivity index (χ4v) is 3.94. The standard InChI is InChI=1S/C16H21N3OS/c1-16(7-9-17-10-8-16)15(20)19(2)11-14-18-12-5-3-4-6-13(12)21-14/h3-6,17H,7-11H2,1-2H3. The number of carbonyl (C=O) groups is 1. The molecule has 0 unspecified atom stereocenters. The van der Waals surface area contributed by atoms with Crippen LogP contribution in [0.1, 0.15) is 24.8 Å². The number of rotatable bonds is 3. The molecule has 4 nitrogen and oxygen atoms in total. The van der Waals surface area contributed by atoms with Gasteiger partial charge in [0.05, 0.1) is 16.8 Å². The van der Waals surface area contributed by atoms with Crippen LogP contribution in [0.2, 0.25) is 0 Å². The Balaban J connectivity index is 1.73. The first kappa shape index (κ1) is 14.5. The first-order valence-electron chi connectivity index (χ1n) is 7.39. The summed E-state index contributed by atoms with van der Waals surface area (Å²) in [5.41, 5.74) is 0.794. The molecule has 0 spiro atoms. The molecule has 2 aromatic rings. The predicted octanol–water partition coefficient (Wildman–Crippen LogP) is 2.64. The van der Waals surface area contributed by atoms with Gasteiger partial charge in [-0.05, 0) is 38.1 Å². The van der Waals surface area contributed by atoms with Gasteiger partial charge in [-0.15, -0.1) is 11.3 Å². The molecule has 1 aromatic carbocycles. The SMILES string of the molecule is CN(Cc1nc2ccccc2s1)C(=O)C1(C)CCNCC1. The van der Waals surface area contributed by atoms with Crippen LogP contribution in [0.25, 0.3) is 10.2 Å². The summed E-state index contributed by atoms with van der Waals surface area (Å²) in [5.74, 6) is 0.239. The zero-order valence-electron chi connectivity index (χ0n) is 12.6. The van der Waals surface area contributed by atoms with Gasteiger partial charge in [-0.1, -0.05) is 19.1 Å². The minimum atomic E-state index is -0.226. The van der Waals surface area contributed by atoms with Crippen LogP contribution >= 0.6 is 11.3 Å². The van der Waals surface area contributed by atoms with Crippen LogP contribution in [-0.2, 0) is 11.3 Å². The molecule has 1 aliphatic rings. The van der Waals surface area contributed by atoms with E-state index < -0.39 is 0 Å². The van der Waals surface area contributed by atoms with Gasteiger partial charge in [0.2, 0.25) is 5.91 Å². The Labute approximate surface area is 129 Å². The van der Waals surface area contributed by atoms with E-state index in [1.165, 1.54) is 4.70 Å². The minimum absolute atomic E-state index is 0.226. The number of nitrogens with one attached hydrogen (secondary N) is 1. The van der Waals surface area contributed by atoms with Gasteiger partial charge in [0.25, 0.3) is 0 Å². The van der Waals surface area contributed by atoms with E-state index in [2.05, 4.69) is 23.3 Å². The summed E-state index contributed by atoms with van der Waals surface area (Å²) in [6.07, 6.45) is 1.83. The van der Waals surface area contributed by atoms with E-state index in [4.69, 9.17) is 0 Å². The smallest absolute Gasteiger partial charge is 0.228 e. The van der Waals surface area contributed by atoms with Crippen molar-refractivity contribution in [1.29, 1.82) is 0 Å². The third-order valence-corrected chi connectivity index (χ3v) is 5.30. The summed E-state index contributed by atoms with van der Waals surface area (Å²) in [7, 11) is 1.89. The quantitative estimate of drug-likeness (QED) is 0.948. The van der Waals surface area contributed by atoms with Crippen molar-refractivity contribution in [2.75, 3.05) is 20.1 Å². The Morgan fingerprint density at radius 3 is 2.81 bits per heavy atom. The monoisotopic (exact) mass is 303 g/mol. The van der Waals surface area contributed by atoms with Gasteiger partial charge in [-0.3, -0.25) is 4.79 Å². The van der Waals surface area contributed by atoms with Gasteiger partial charge in [0.15, 0.2) is 0 Å². The number of carbonyl (C=O) groups excluding carboxylic acids is 1. The Morgan fingerprint density at radius 2 is 2.10 bits per heavy atom. The van der Waals surface area contributed by atoms with Gasteiger partial charge < -0.3 is 10.2 Å². The number of para-hydroxylation sites is 1. The lowest BCUT2D eigenvalue weighted by Crippen LogP contribution is -2.46. The van der Waals surface area contributed by atoms with Crippen LogP contribution < -0.4 is 5.32 Å². The lowest BCUT2D eigenvalue weighted by atomic mass is 9.80. The van der Waals surface area contributed by atoms with E-state index in [0.29, 0.717) is 6.54 Å². The Kier molecular flexibility index (Phi) is 3.95. The largest absolute Gasteiger partial charge is 0.339 e. The average Bonchev–Trinajstić information content (AvgIpc) is 2.89. The highest BCUT2D eigenvalue weighted by molar-refractivity contribution is 7.18. The van der Waals surface area contributed by atoms with E-state index >= 15 is 0 Å². The van der Waals surface area contributed by atoms with Crippen molar-refractivity contribution in [1.82, 2.24) is 15.2 Å². The van der Waals surface area contributed by atoms with Gasteiger partial charge in [-0.25, -0.2) is 4.98 Å². The second kappa shape index (κ2) is 5.73. The molecule has 21 heavy (non-hydrogen) atoms. The van der Waals surface area contributed by atoms with Gasteiger partial charge in [0.1, 0.15) is 5.01 Å². The fourth-order valence-electron chi connectivity index (χ4n) is 2.92. The molecule has 112 valence electrons. The molecule has 1 aromatic heterocycles. The molecule has 2 heterocycles. The number of nitrogens with zero attached hydrogens (tertiary/aromatic N) is 2. The number of thiazole rings is 1. The Hall–Kier alpha value is -1.46. The summed E-state index contributed by atoms with van der Waals surface area (Å²) in [6.45, 7) is 4.54. The molecule has 0 atom stereocenters. The number of piperidine rings is 1. The minimum Gasteiger partial charge on any atom is -0.339 e. The molecule has 3 rings (SSSR count). The molecule has 0 saturated carbocycles. The Bertz CT molecular complexity index is 613. The van der Waals surface area contributed by atoms with Crippen molar-refractivity contribution in [3.8, 4) is 0 Å². The highest BCUT2D eigenvalue weighted by Gasteiger charge is 2.36. The fraction of sp³-hybridized carbons (Fsp3) is 0.500. The van der Waals surface area contributed by atoms with Gasteiger partial charge in [0, 0.05) is 12.5 Å². The molecule has 1 saturated heterocycles. The third kappa shape index (κ3) is 2.94. The molecule has 1 aliphatic heterocycles. The third-order valence-electron chi connectivity index (χ3n) is 4.28. The summed E-state index contributed by atoms with van der Waals surface area (Å²) in [4.78, 5) is 19.2. The van der Waals surface area contributed by atoms with Gasteiger partial charge >= 0.3 is 0 Å². The molecule has 0 bridgehead atoms. The number of hydrogen-bond acceptors (Lipinski definition) is 4. The summed E-state index contributed by atoms with van der Waals surface area (Å²) < 4.78 is 1.18. The number of benzene rings is 1. The van der Waals surface area contributed by atoms with Crippen LogP contribution in [0.15, 0.2) is 24.3 Å². The lowest BCUT2D eigenvalue weighted by Gasteiger charge is -2.35. The topological polar surface area (TPSA) is 45.2 Å². The normalized spacial score (nSPS) is 17.8. The maximum Gasteiger partial charge on any atom is 0.228 e. The van der Waals surface area contributed by atoms with Crippen LogP contribution in [-0.4, -0.2) is 35.9 Å². The second-order valence-electron chi connectivity index (χ2n) is 6.05. The van der Waals surface area contributed by atoms with Crippen LogP contribution in [0.3, 0.4) is 0 Å². The molecule has 1 amide bonds. The predicted molar refractivity (Wildman–Crippen MR) is 86.3 cm³/mol. The highest BCUT2D eigenvalue weighted by atomic mass is 32.1.